The van der Waals surface area contributed by atoms with Crippen LogP contribution in [0.4, 0.5) is 0 Å². The average Bonchev–Trinajstić information content (AvgIpc) is 3.16. The lowest BCUT2D eigenvalue weighted by Crippen LogP contribution is -2.39. The van der Waals surface area contributed by atoms with E-state index in [2.05, 4.69) is 4.99 Å². The summed E-state index contributed by atoms with van der Waals surface area (Å²) in [7, 11) is 1.44. The second-order valence-electron chi connectivity index (χ2n) is 7.81. The molecule has 0 unspecified atom stereocenters. The summed E-state index contributed by atoms with van der Waals surface area (Å²) in [4.78, 5) is 42.4. The predicted octanol–water partition coefficient (Wildman–Crippen LogP) is 2.27. The van der Waals surface area contributed by atoms with E-state index in [1.807, 2.05) is 30.3 Å². The van der Waals surface area contributed by atoms with Crippen LogP contribution in [0.2, 0.25) is 0 Å². The number of methoxy groups -OCH3 is 1. The van der Waals surface area contributed by atoms with Crippen molar-refractivity contribution in [2.24, 2.45) is 4.99 Å². The molecule has 0 saturated heterocycles. The van der Waals surface area contributed by atoms with Gasteiger partial charge in [-0.2, -0.15) is 0 Å². The normalized spacial score (nSPS) is 15.2. The zero-order chi connectivity index (χ0) is 25.8. The number of ether oxygens (including phenoxy) is 3. The topological polar surface area (TPSA) is 116 Å². The number of aromatic nitrogens is 1. The summed E-state index contributed by atoms with van der Waals surface area (Å²) in [5.41, 5.74) is 1.94. The number of benzene rings is 2. The number of carboxylic acids is 1. The van der Waals surface area contributed by atoms with Crippen molar-refractivity contribution in [1.29, 1.82) is 0 Å². The van der Waals surface area contributed by atoms with Crippen molar-refractivity contribution in [1.82, 2.24) is 4.57 Å². The second kappa shape index (κ2) is 10.6. The van der Waals surface area contributed by atoms with E-state index in [1.54, 1.807) is 38.1 Å². The molecular formula is C26H24N2O7S. The van der Waals surface area contributed by atoms with E-state index in [9.17, 15) is 14.4 Å². The number of carbonyl (C=O) groups excluding carboxylic acids is 1. The second-order valence-corrected chi connectivity index (χ2v) is 8.81. The average molecular weight is 509 g/mol. The van der Waals surface area contributed by atoms with Gasteiger partial charge in [-0.3, -0.25) is 9.36 Å². The molecule has 2 aromatic carbocycles. The molecule has 186 valence electrons. The Kier molecular flexibility index (Phi) is 7.35. The fourth-order valence-corrected chi connectivity index (χ4v) is 4.97. The SMILES string of the molecule is CCOC(=O)C1=C(C)N=c2s/c(=C/c3ccc(OCC(=O)O)c(OC)c3)c(=O)n2[C@H]1c1ccccc1. The summed E-state index contributed by atoms with van der Waals surface area (Å²) in [6, 6.07) is 13.5. The van der Waals surface area contributed by atoms with E-state index >= 15 is 0 Å². The molecule has 3 aromatic rings. The summed E-state index contributed by atoms with van der Waals surface area (Å²) in [6.07, 6.45) is 1.69. The molecule has 1 atom stereocenters. The molecule has 9 nitrogen and oxygen atoms in total. The number of allylic oxidation sites excluding steroid dienone is 1. The molecule has 0 spiro atoms. The molecule has 1 aromatic heterocycles. The first-order valence-electron chi connectivity index (χ1n) is 11.1. The maximum Gasteiger partial charge on any atom is 0.341 e. The number of rotatable bonds is 8. The van der Waals surface area contributed by atoms with Gasteiger partial charge in [-0.15, -0.1) is 0 Å². The Hall–Kier alpha value is -4.18. The van der Waals surface area contributed by atoms with Crippen LogP contribution in [0, 0.1) is 0 Å². The Bertz CT molecular complexity index is 1520. The number of hydrogen-bond acceptors (Lipinski definition) is 8. The Morgan fingerprint density at radius 3 is 2.58 bits per heavy atom. The molecule has 1 N–H and O–H groups in total. The van der Waals surface area contributed by atoms with Crippen LogP contribution in [0.1, 0.15) is 31.0 Å². The van der Waals surface area contributed by atoms with Crippen molar-refractivity contribution in [3.63, 3.8) is 0 Å². The van der Waals surface area contributed by atoms with E-state index in [0.29, 0.717) is 31.9 Å². The standard InChI is InChI=1S/C26H24N2O7S/c1-4-34-25(32)22-15(2)27-26-28(23(22)17-8-6-5-7-9-17)24(31)20(36-26)13-16-10-11-18(19(12-16)33-3)35-14-21(29)30/h5-13,23H,4,14H2,1-3H3,(H,29,30)/b20-13+/t23-/m0/s1. The van der Waals surface area contributed by atoms with Crippen LogP contribution < -0.4 is 24.4 Å². The van der Waals surface area contributed by atoms with Crippen LogP contribution in [0.25, 0.3) is 6.08 Å². The molecule has 36 heavy (non-hydrogen) atoms. The first-order valence-corrected chi connectivity index (χ1v) is 11.9. The summed E-state index contributed by atoms with van der Waals surface area (Å²) in [5, 5.41) is 8.85. The lowest BCUT2D eigenvalue weighted by Gasteiger charge is -2.24. The molecule has 0 saturated carbocycles. The van der Waals surface area contributed by atoms with E-state index in [4.69, 9.17) is 19.3 Å². The van der Waals surface area contributed by atoms with Crippen LogP contribution in [0.3, 0.4) is 0 Å². The highest BCUT2D eigenvalue weighted by atomic mass is 32.1. The highest BCUT2D eigenvalue weighted by Gasteiger charge is 2.33. The number of hydrogen-bond donors (Lipinski definition) is 1. The van der Waals surface area contributed by atoms with Crippen molar-refractivity contribution in [2.45, 2.75) is 19.9 Å². The molecule has 0 bridgehead atoms. The summed E-state index contributed by atoms with van der Waals surface area (Å²) >= 11 is 1.21. The Morgan fingerprint density at radius 2 is 1.92 bits per heavy atom. The number of carbonyl (C=O) groups is 2. The summed E-state index contributed by atoms with van der Waals surface area (Å²) in [5.74, 6) is -1.01. The number of thiazole rings is 1. The number of esters is 1. The van der Waals surface area contributed by atoms with Crippen LogP contribution in [-0.2, 0) is 14.3 Å². The van der Waals surface area contributed by atoms with Gasteiger partial charge in [0.15, 0.2) is 22.9 Å². The zero-order valence-electron chi connectivity index (χ0n) is 19.9. The highest BCUT2D eigenvalue weighted by Crippen LogP contribution is 2.31. The van der Waals surface area contributed by atoms with Crippen molar-refractivity contribution in [3.8, 4) is 11.5 Å². The smallest absolute Gasteiger partial charge is 0.341 e. The fourth-order valence-electron chi connectivity index (χ4n) is 3.93. The van der Waals surface area contributed by atoms with Crippen molar-refractivity contribution in [2.75, 3.05) is 20.3 Å². The van der Waals surface area contributed by atoms with Crippen molar-refractivity contribution < 1.29 is 28.9 Å². The van der Waals surface area contributed by atoms with Gasteiger partial charge in [-0.1, -0.05) is 47.7 Å². The quantitative estimate of drug-likeness (QED) is 0.464. The largest absolute Gasteiger partial charge is 0.493 e. The van der Waals surface area contributed by atoms with E-state index in [0.717, 1.165) is 5.56 Å². The molecule has 0 fully saturated rings. The predicted molar refractivity (Wildman–Crippen MR) is 133 cm³/mol. The summed E-state index contributed by atoms with van der Waals surface area (Å²) < 4.78 is 17.8. The minimum Gasteiger partial charge on any atom is -0.493 e. The van der Waals surface area contributed by atoms with Gasteiger partial charge < -0.3 is 19.3 Å². The van der Waals surface area contributed by atoms with Gasteiger partial charge in [0, 0.05) is 0 Å². The van der Waals surface area contributed by atoms with E-state index < -0.39 is 24.6 Å². The van der Waals surface area contributed by atoms with Crippen molar-refractivity contribution >= 4 is 29.4 Å². The third kappa shape index (κ3) is 4.94. The molecular weight excluding hydrogens is 484 g/mol. The molecule has 1 aliphatic rings. The molecule has 10 heteroatoms. The number of aliphatic carboxylic acids is 1. The molecule has 0 amide bonds. The molecule has 0 aliphatic carbocycles. The summed E-state index contributed by atoms with van der Waals surface area (Å²) in [6.45, 7) is 3.16. The highest BCUT2D eigenvalue weighted by molar-refractivity contribution is 7.07. The Morgan fingerprint density at radius 1 is 1.17 bits per heavy atom. The minimum atomic E-state index is -1.10. The molecule has 4 rings (SSSR count). The Balaban J connectivity index is 1.84. The van der Waals surface area contributed by atoms with Gasteiger partial charge >= 0.3 is 11.9 Å². The van der Waals surface area contributed by atoms with E-state index in [1.165, 1.54) is 23.0 Å². The molecule has 1 aliphatic heterocycles. The maximum absolute atomic E-state index is 13.6. The lowest BCUT2D eigenvalue weighted by molar-refractivity contribution is -0.140. The molecule has 0 radical (unpaired) electrons. The Labute approximate surface area is 210 Å². The maximum atomic E-state index is 13.6. The monoisotopic (exact) mass is 508 g/mol. The first kappa shape index (κ1) is 24.9. The minimum absolute atomic E-state index is 0.204. The van der Waals surface area contributed by atoms with Gasteiger partial charge in [0.2, 0.25) is 0 Å². The van der Waals surface area contributed by atoms with Gasteiger partial charge in [-0.25, -0.2) is 14.6 Å². The van der Waals surface area contributed by atoms with Crippen LogP contribution in [0.5, 0.6) is 11.5 Å². The van der Waals surface area contributed by atoms with Crippen molar-refractivity contribution in [3.05, 3.63) is 90.6 Å². The number of carboxylic acid groups (broad SMARTS) is 1. The van der Waals surface area contributed by atoms with Gasteiger partial charge in [0.05, 0.1) is 35.6 Å². The van der Waals surface area contributed by atoms with E-state index in [-0.39, 0.29) is 17.9 Å². The third-order valence-electron chi connectivity index (χ3n) is 5.47. The van der Waals surface area contributed by atoms with Gasteiger partial charge in [0.1, 0.15) is 0 Å². The lowest BCUT2D eigenvalue weighted by atomic mass is 9.96. The first-order chi connectivity index (χ1) is 17.3. The van der Waals surface area contributed by atoms with Crippen LogP contribution >= 0.6 is 11.3 Å². The number of fused-ring (bicyclic) bond motifs is 1. The third-order valence-corrected chi connectivity index (χ3v) is 6.45. The molecule has 2 heterocycles. The zero-order valence-corrected chi connectivity index (χ0v) is 20.7. The van der Waals surface area contributed by atoms with Gasteiger partial charge in [-0.05, 0) is 43.2 Å². The van der Waals surface area contributed by atoms with Crippen LogP contribution in [-0.4, -0.2) is 41.9 Å². The van der Waals surface area contributed by atoms with Gasteiger partial charge in [0.25, 0.3) is 5.56 Å². The fraction of sp³-hybridized carbons (Fsp3) is 0.231. The van der Waals surface area contributed by atoms with Crippen LogP contribution in [0.15, 0.2) is 69.6 Å². The number of nitrogens with zero attached hydrogens (tertiary/aromatic N) is 2.